The molecule has 0 radical (unpaired) electrons. The molecule has 2 aromatic carbocycles. The van der Waals surface area contributed by atoms with Crippen molar-refractivity contribution in [2.45, 2.75) is 6.61 Å². The fourth-order valence-electron chi connectivity index (χ4n) is 2.56. The Balaban J connectivity index is 1.77. The van der Waals surface area contributed by atoms with Crippen LogP contribution in [-0.4, -0.2) is 26.1 Å². The van der Waals surface area contributed by atoms with Crippen LogP contribution in [0.25, 0.3) is 6.08 Å². The highest BCUT2D eigenvalue weighted by molar-refractivity contribution is 6.30. The summed E-state index contributed by atoms with van der Waals surface area (Å²) < 4.78 is 39.7. The molecule has 2 aromatic rings. The van der Waals surface area contributed by atoms with E-state index in [0.717, 1.165) is 16.9 Å². The molecular formula is C20H15ClF2O4. The van der Waals surface area contributed by atoms with E-state index in [1.54, 1.807) is 24.3 Å². The number of ketones is 1. The second kappa shape index (κ2) is 8.22. The Kier molecular flexibility index (Phi) is 5.76. The lowest BCUT2D eigenvalue weighted by molar-refractivity contribution is -0.0512. The van der Waals surface area contributed by atoms with Crippen molar-refractivity contribution >= 4 is 23.5 Å². The molecule has 1 aliphatic rings. The summed E-state index contributed by atoms with van der Waals surface area (Å²) in [6, 6.07) is 9.33. The van der Waals surface area contributed by atoms with Gasteiger partial charge < -0.3 is 14.2 Å². The number of allylic oxidation sites excluding steroid dienone is 1. The number of carbonyl (C=O) groups excluding carboxylic acids is 1. The van der Waals surface area contributed by atoms with Gasteiger partial charge in [-0.15, -0.1) is 0 Å². The smallest absolute Gasteiger partial charge is 0.387 e. The van der Waals surface area contributed by atoms with Crippen LogP contribution in [0.2, 0.25) is 5.02 Å². The Hall–Kier alpha value is -2.86. The van der Waals surface area contributed by atoms with E-state index < -0.39 is 6.61 Å². The van der Waals surface area contributed by atoms with Gasteiger partial charge in [0.1, 0.15) is 12.4 Å². The van der Waals surface area contributed by atoms with E-state index in [0.29, 0.717) is 11.6 Å². The molecule has 0 N–H and O–H groups in total. The summed E-state index contributed by atoms with van der Waals surface area (Å²) >= 11 is 5.98. The third-order valence-corrected chi connectivity index (χ3v) is 4.06. The van der Waals surface area contributed by atoms with Crippen LogP contribution in [0.3, 0.4) is 0 Å². The number of methoxy groups -OCH3 is 1. The molecule has 3 rings (SSSR count). The first kappa shape index (κ1) is 18.9. The summed E-state index contributed by atoms with van der Waals surface area (Å²) in [7, 11) is 1.31. The first-order valence-electron chi connectivity index (χ1n) is 7.94. The van der Waals surface area contributed by atoms with Gasteiger partial charge in [-0.25, -0.2) is 0 Å². The third kappa shape index (κ3) is 4.65. The zero-order chi connectivity index (χ0) is 19.4. The molecular weight excluding hydrogens is 378 g/mol. The van der Waals surface area contributed by atoms with Gasteiger partial charge in [-0.3, -0.25) is 4.79 Å². The SMILES string of the molecule is COc1cc(C(=O)/C=C\C2=Cc3cc(Cl)ccc3OC2)ccc1OC(F)F. The molecule has 0 amide bonds. The van der Waals surface area contributed by atoms with E-state index in [9.17, 15) is 13.6 Å². The minimum atomic E-state index is -2.98. The maximum Gasteiger partial charge on any atom is 0.387 e. The highest BCUT2D eigenvalue weighted by Crippen LogP contribution is 2.31. The van der Waals surface area contributed by atoms with Gasteiger partial charge in [-0.2, -0.15) is 8.78 Å². The van der Waals surface area contributed by atoms with E-state index in [1.807, 2.05) is 6.08 Å². The molecule has 1 heterocycles. The lowest BCUT2D eigenvalue weighted by atomic mass is 10.1. The van der Waals surface area contributed by atoms with E-state index in [1.165, 1.54) is 31.4 Å². The van der Waals surface area contributed by atoms with Crippen molar-refractivity contribution in [3.8, 4) is 17.2 Å². The van der Waals surface area contributed by atoms with Gasteiger partial charge in [0.05, 0.1) is 7.11 Å². The largest absolute Gasteiger partial charge is 0.493 e. The van der Waals surface area contributed by atoms with Crippen LogP contribution in [0.15, 0.2) is 54.1 Å². The predicted octanol–water partition coefficient (Wildman–Crippen LogP) is 5.16. The molecule has 0 saturated heterocycles. The fraction of sp³-hybridized carbons (Fsp3) is 0.150. The first-order chi connectivity index (χ1) is 13.0. The molecule has 0 atom stereocenters. The summed E-state index contributed by atoms with van der Waals surface area (Å²) in [5.41, 5.74) is 1.91. The number of halogens is 3. The Morgan fingerprint density at radius 1 is 1.22 bits per heavy atom. The standard InChI is InChI=1S/C20H15ClF2O4/c1-25-19-10-13(3-6-18(19)27-20(22)23)16(24)5-2-12-8-14-9-15(21)4-7-17(14)26-11-12/h2-10,20H,11H2,1H3/b5-2-. The average molecular weight is 393 g/mol. The van der Waals surface area contributed by atoms with Gasteiger partial charge in [-0.05, 0) is 54.1 Å². The number of fused-ring (bicyclic) bond motifs is 1. The fourth-order valence-corrected chi connectivity index (χ4v) is 2.74. The van der Waals surface area contributed by atoms with E-state index in [2.05, 4.69) is 4.74 Å². The quantitative estimate of drug-likeness (QED) is 0.503. The molecule has 0 saturated carbocycles. The molecule has 4 nitrogen and oxygen atoms in total. The maximum absolute atomic E-state index is 12.4. The molecule has 140 valence electrons. The summed E-state index contributed by atoms with van der Waals surface area (Å²) in [5, 5.41) is 0.591. The topological polar surface area (TPSA) is 44.8 Å². The monoisotopic (exact) mass is 392 g/mol. The highest BCUT2D eigenvalue weighted by atomic mass is 35.5. The maximum atomic E-state index is 12.4. The Bertz CT molecular complexity index is 922. The summed E-state index contributed by atoms with van der Waals surface area (Å²) in [4.78, 5) is 12.4. The molecule has 0 fully saturated rings. The second-order valence-corrected chi connectivity index (χ2v) is 6.07. The van der Waals surface area contributed by atoms with Crippen LogP contribution in [0, 0.1) is 0 Å². The lowest BCUT2D eigenvalue weighted by Gasteiger charge is -2.16. The molecule has 1 aliphatic heterocycles. The summed E-state index contributed by atoms with van der Waals surface area (Å²) in [6.07, 6.45) is 4.91. The van der Waals surface area contributed by atoms with Gasteiger partial charge in [0, 0.05) is 16.1 Å². The third-order valence-electron chi connectivity index (χ3n) is 3.82. The molecule has 0 aromatic heterocycles. The van der Waals surface area contributed by atoms with Crippen molar-refractivity contribution in [3.63, 3.8) is 0 Å². The number of alkyl halides is 2. The molecule has 27 heavy (non-hydrogen) atoms. The molecule has 0 unspecified atom stereocenters. The van der Waals surface area contributed by atoms with Gasteiger partial charge >= 0.3 is 6.61 Å². The van der Waals surface area contributed by atoms with Crippen molar-refractivity contribution in [2.75, 3.05) is 13.7 Å². The number of benzene rings is 2. The number of hydrogen-bond acceptors (Lipinski definition) is 4. The number of hydrogen-bond donors (Lipinski definition) is 0. The lowest BCUT2D eigenvalue weighted by Crippen LogP contribution is -2.06. The van der Waals surface area contributed by atoms with Crippen LogP contribution >= 0.6 is 11.6 Å². The van der Waals surface area contributed by atoms with Crippen molar-refractivity contribution in [1.29, 1.82) is 0 Å². The van der Waals surface area contributed by atoms with Crippen LogP contribution in [0.5, 0.6) is 17.2 Å². The van der Waals surface area contributed by atoms with Crippen molar-refractivity contribution in [2.24, 2.45) is 0 Å². The Labute approximate surface area is 159 Å². The predicted molar refractivity (Wildman–Crippen MR) is 98.0 cm³/mol. The number of rotatable bonds is 6. The Morgan fingerprint density at radius 3 is 2.78 bits per heavy atom. The average Bonchev–Trinajstić information content (AvgIpc) is 2.65. The zero-order valence-electron chi connectivity index (χ0n) is 14.2. The minimum Gasteiger partial charge on any atom is -0.493 e. The first-order valence-corrected chi connectivity index (χ1v) is 8.32. The van der Waals surface area contributed by atoms with Crippen LogP contribution < -0.4 is 14.2 Å². The van der Waals surface area contributed by atoms with Crippen molar-refractivity contribution in [3.05, 3.63) is 70.3 Å². The molecule has 0 aliphatic carbocycles. The Morgan fingerprint density at radius 2 is 2.04 bits per heavy atom. The zero-order valence-corrected chi connectivity index (χ0v) is 15.0. The van der Waals surface area contributed by atoms with Crippen molar-refractivity contribution < 1.29 is 27.8 Å². The molecule has 7 heteroatoms. The summed E-state index contributed by atoms with van der Waals surface area (Å²) in [6.45, 7) is -2.65. The van der Waals surface area contributed by atoms with E-state index in [4.69, 9.17) is 21.1 Å². The van der Waals surface area contributed by atoms with E-state index >= 15 is 0 Å². The number of ether oxygens (including phenoxy) is 3. The van der Waals surface area contributed by atoms with Crippen LogP contribution in [0.4, 0.5) is 8.78 Å². The number of carbonyl (C=O) groups is 1. The normalized spacial score (nSPS) is 13.1. The van der Waals surface area contributed by atoms with Gasteiger partial charge in [-0.1, -0.05) is 17.7 Å². The second-order valence-electron chi connectivity index (χ2n) is 5.63. The summed E-state index contributed by atoms with van der Waals surface area (Å²) in [5.74, 6) is 0.333. The van der Waals surface area contributed by atoms with E-state index in [-0.39, 0.29) is 22.8 Å². The minimum absolute atomic E-state index is 0.0540. The van der Waals surface area contributed by atoms with Gasteiger partial charge in [0.25, 0.3) is 0 Å². The highest BCUT2D eigenvalue weighted by Gasteiger charge is 2.14. The molecule has 0 bridgehead atoms. The van der Waals surface area contributed by atoms with Crippen LogP contribution in [-0.2, 0) is 0 Å². The van der Waals surface area contributed by atoms with Gasteiger partial charge in [0.2, 0.25) is 0 Å². The van der Waals surface area contributed by atoms with Crippen molar-refractivity contribution in [1.82, 2.24) is 0 Å². The van der Waals surface area contributed by atoms with Gasteiger partial charge in [0.15, 0.2) is 17.3 Å². The molecule has 0 spiro atoms. The van der Waals surface area contributed by atoms with Crippen LogP contribution in [0.1, 0.15) is 15.9 Å².